The number of aliphatic hydroxyl groups is 1. The minimum atomic E-state index is -0.494. The van der Waals surface area contributed by atoms with Gasteiger partial charge in [0, 0.05) is 42.4 Å². The Hall–Kier alpha value is -2.90. The normalized spacial score (nSPS) is 20.3. The van der Waals surface area contributed by atoms with Gasteiger partial charge in [-0.2, -0.15) is 0 Å². The zero-order valence-electron chi connectivity index (χ0n) is 16.7. The predicted molar refractivity (Wildman–Crippen MR) is 117 cm³/mol. The van der Waals surface area contributed by atoms with Gasteiger partial charge >= 0.3 is 0 Å². The number of hydrogen-bond donors (Lipinski definition) is 4. The van der Waals surface area contributed by atoms with Gasteiger partial charge in [0.1, 0.15) is 11.9 Å². The van der Waals surface area contributed by atoms with Crippen LogP contribution in [-0.4, -0.2) is 43.6 Å². The monoisotopic (exact) mass is 395 g/mol. The number of nitrogen functional groups attached to an aromatic ring is 2. The molecule has 7 heteroatoms. The van der Waals surface area contributed by atoms with Gasteiger partial charge in [-0.1, -0.05) is 0 Å². The molecule has 2 unspecified atom stereocenters. The van der Waals surface area contributed by atoms with Crippen molar-refractivity contribution in [2.24, 2.45) is 0 Å². The minimum absolute atomic E-state index is 0.0822. The van der Waals surface area contributed by atoms with E-state index < -0.39 is 6.10 Å². The Bertz CT molecular complexity index is 814. The van der Waals surface area contributed by atoms with E-state index in [1.54, 1.807) is 6.92 Å². The molecule has 0 amide bonds. The summed E-state index contributed by atoms with van der Waals surface area (Å²) in [5.41, 5.74) is 16.5. The molecular formula is C22H29N5O2. The molecule has 2 aromatic rings. The van der Waals surface area contributed by atoms with Crippen molar-refractivity contribution in [3.63, 3.8) is 0 Å². The molecule has 0 fully saturated rings. The van der Waals surface area contributed by atoms with Crippen LogP contribution in [-0.2, 0) is 4.74 Å². The van der Waals surface area contributed by atoms with Crippen LogP contribution in [0.4, 0.5) is 22.7 Å². The first-order valence-electron chi connectivity index (χ1n) is 10.1. The van der Waals surface area contributed by atoms with Gasteiger partial charge in [-0.05, 0) is 61.9 Å². The van der Waals surface area contributed by atoms with E-state index in [9.17, 15) is 5.11 Å². The van der Waals surface area contributed by atoms with Gasteiger partial charge in [0.25, 0.3) is 0 Å². The Morgan fingerprint density at radius 1 is 1.00 bits per heavy atom. The molecule has 4 rings (SSSR count). The second kappa shape index (κ2) is 8.23. The fourth-order valence-corrected chi connectivity index (χ4v) is 3.91. The Morgan fingerprint density at radius 3 is 2.10 bits per heavy atom. The molecule has 0 saturated heterocycles. The van der Waals surface area contributed by atoms with E-state index in [0.717, 1.165) is 60.3 Å². The molecule has 0 aliphatic carbocycles. The van der Waals surface area contributed by atoms with E-state index in [1.165, 1.54) is 0 Å². The first-order valence-corrected chi connectivity index (χ1v) is 10.1. The summed E-state index contributed by atoms with van der Waals surface area (Å²) in [6.07, 6.45) is 0.255. The molecule has 7 nitrogen and oxygen atoms in total. The standard InChI is InChI=1S/C22H29N5O2/c1-15(28)14-29-20-10-12-26(18-6-2-16(23)3-7-18)22-21(20)25-11-13-27(22)19-8-4-17(24)5-9-19/h2-9,15,20,25,28H,10-14,23-24H2,1H3. The second-order valence-electron chi connectivity index (χ2n) is 7.61. The molecule has 2 atom stereocenters. The van der Waals surface area contributed by atoms with Crippen LogP contribution in [0.5, 0.6) is 0 Å². The number of nitrogens with zero attached hydrogens (tertiary/aromatic N) is 2. The van der Waals surface area contributed by atoms with Crippen LogP contribution in [0, 0.1) is 0 Å². The number of ether oxygens (including phenoxy) is 1. The maximum absolute atomic E-state index is 9.69. The van der Waals surface area contributed by atoms with Crippen LogP contribution in [0.25, 0.3) is 0 Å². The topological polar surface area (TPSA) is 100 Å². The summed E-state index contributed by atoms with van der Waals surface area (Å²) in [5, 5.41) is 13.2. The van der Waals surface area contributed by atoms with Crippen LogP contribution >= 0.6 is 0 Å². The van der Waals surface area contributed by atoms with Gasteiger partial charge in [-0.3, -0.25) is 0 Å². The van der Waals surface area contributed by atoms with Crippen molar-refractivity contribution in [2.75, 3.05) is 47.5 Å². The third kappa shape index (κ3) is 4.11. The van der Waals surface area contributed by atoms with Crippen LogP contribution in [0.1, 0.15) is 13.3 Å². The summed E-state index contributed by atoms with van der Waals surface area (Å²) in [6.45, 7) is 4.51. The summed E-state index contributed by atoms with van der Waals surface area (Å²) >= 11 is 0. The molecule has 0 spiro atoms. The Kier molecular flexibility index (Phi) is 5.51. The molecular weight excluding hydrogens is 366 g/mol. The van der Waals surface area contributed by atoms with Crippen LogP contribution in [0.15, 0.2) is 60.0 Å². The van der Waals surface area contributed by atoms with Gasteiger partial charge in [0.05, 0.1) is 18.4 Å². The quantitative estimate of drug-likeness (QED) is 0.575. The lowest BCUT2D eigenvalue weighted by Crippen LogP contribution is -2.53. The van der Waals surface area contributed by atoms with E-state index in [4.69, 9.17) is 16.2 Å². The SMILES string of the molecule is CC(O)COC1CCN(c2ccc(N)cc2)C2=C1NCCN2c1ccc(N)cc1. The fourth-order valence-electron chi connectivity index (χ4n) is 3.91. The summed E-state index contributed by atoms with van der Waals surface area (Å²) in [6, 6.07) is 15.9. The average Bonchev–Trinajstić information content (AvgIpc) is 2.73. The number of aliphatic hydroxyl groups excluding tert-OH is 1. The molecule has 0 radical (unpaired) electrons. The van der Waals surface area contributed by atoms with E-state index in [1.807, 2.05) is 48.5 Å². The zero-order valence-corrected chi connectivity index (χ0v) is 16.7. The largest absolute Gasteiger partial charge is 0.399 e. The highest BCUT2D eigenvalue weighted by atomic mass is 16.5. The van der Waals surface area contributed by atoms with Crippen molar-refractivity contribution >= 4 is 22.7 Å². The maximum Gasteiger partial charge on any atom is 0.135 e. The molecule has 29 heavy (non-hydrogen) atoms. The Balaban J connectivity index is 1.75. The number of anilines is 4. The van der Waals surface area contributed by atoms with Crippen molar-refractivity contribution < 1.29 is 9.84 Å². The Labute approximate surface area is 171 Å². The number of hydrogen-bond acceptors (Lipinski definition) is 7. The van der Waals surface area contributed by atoms with Crippen molar-refractivity contribution in [3.05, 3.63) is 60.0 Å². The Morgan fingerprint density at radius 2 is 1.55 bits per heavy atom. The third-order valence-corrected chi connectivity index (χ3v) is 5.29. The van der Waals surface area contributed by atoms with Crippen molar-refractivity contribution in [1.82, 2.24) is 5.32 Å². The van der Waals surface area contributed by atoms with Crippen molar-refractivity contribution in [3.8, 4) is 0 Å². The number of nitrogens with two attached hydrogens (primary N) is 2. The highest BCUT2D eigenvalue weighted by Gasteiger charge is 2.35. The van der Waals surface area contributed by atoms with Crippen LogP contribution in [0.3, 0.4) is 0 Å². The molecule has 0 aromatic heterocycles. The molecule has 154 valence electrons. The highest BCUT2D eigenvalue weighted by molar-refractivity contribution is 5.66. The molecule has 0 saturated carbocycles. The van der Waals surface area contributed by atoms with Gasteiger partial charge < -0.3 is 36.4 Å². The smallest absolute Gasteiger partial charge is 0.135 e. The number of benzene rings is 2. The lowest BCUT2D eigenvalue weighted by molar-refractivity contribution is 0.00500. The molecule has 6 N–H and O–H groups in total. The van der Waals surface area contributed by atoms with E-state index in [2.05, 4.69) is 15.1 Å². The van der Waals surface area contributed by atoms with E-state index >= 15 is 0 Å². The van der Waals surface area contributed by atoms with Gasteiger partial charge in [0.15, 0.2) is 0 Å². The van der Waals surface area contributed by atoms with Crippen LogP contribution in [0.2, 0.25) is 0 Å². The first-order chi connectivity index (χ1) is 14.0. The average molecular weight is 396 g/mol. The van der Waals surface area contributed by atoms with Crippen LogP contribution < -0.4 is 26.6 Å². The maximum atomic E-state index is 9.69. The number of rotatable bonds is 5. The summed E-state index contributed by atoms with van der Waals surface area (Å²) in [7, 11) is 0. The lowest BCUT2D eigenvalue weighted by Gasteiger charge is -2.46. The van der Waals surface area contributed by atoms with E-state index in [-0.39, 0.29) is 6.10 Å². The molecule has 0 bridgehead atoms. The lowest BCUT2D eigenvalue weighted by atomic mass is 10.0. The predicted octanol–water partition coefficient (Wildman–Crippen LogP) is 2.11. The summed E-state index contributed by atoms with van der Waals surface area (Å²) < 4.78 is 6.06. The summed E-state index contributed by atoms with van der Waals surface area (Å²) in [5.74, 6) is 1.08. The minimum Gasteiger partial charge on any atom is -0.399 e. The first kappa shape index (κ1) is 19.4. The highest BCUT2D eigenvalue weighted by Crippen LogP contribution is 2.35. The van der Waals surface area contributed by atoms with Crippen molar-refractivity contribution in [2.45, 2.75) is 25.6 Å². The molecule has 2 aromatic carbocycles. The van der Waals surface area contributed by atoms with Gasteiger partial charge in [-0.15, -0.1) is 0 Å². The van der Waals surface area contributed by atoms with E-state index in [0.29, 0.717) is 6.61 Å². The molecule has 2 aliphatic rings. The van der Waals surface area contributed by atoms with Gasteiger partial charge in [0.2, 0.25) is 0 Å². The second-order valence-corrected chi connectivity index (χ2v) is 7.61. The van der Waals surface area contributed by atoms with Crippen molar-refractivity contribution in [1.29, 1.82) is 0 Å². The fraction of sp³-hybridized carbons (Fsp3) is 0.364. The molecule has 2 heterocycles. The zero-order chi connectivity index (χ0) is 20.4. The van der Waals surface area contributed by atoms with Gasteiger partial charge in [-0.25, -0.2) is 0 Å². The third-order valence-electron chi connectivity index (χ3n) is 5.29. The number of nitrogens with one attached hydrogen (secondary N) is 1. The summed E-state index contributed by atoms with van der Waals surface area (Å²) in [4.78, 5) is 4.61. The molecule has 2 aliphatic heterocycles.